The number of alkyl halides is 3. The minimum atomic E-state index is -4.28. The Labute approximate surface area is 115 Å². The molecule has 0 bridgehead atoms. The molecule has 0 aliphatic rings. The van der Waals surface area contributed by atoms with Crippen molar-refractivity contribution in [1.82, 2.24) is 10.3 Å². The maximum Gasteiger partial charge on any atom is 0.416 e. The number of nitrogens with zero attached hydrogens (tertiary/aromatic N) is 1. The minimum absolute atomic E-state index is 0.520. The summed E-state index contributed by atoms with van der Waals surface area (Å²) in [5.41, 5.74) is 2.42. The summed E-state index contributed by atoms with van der Waals surface area (Å²) in [5.74, 6) is 0. The van der Waals surface area contributed by atoms with Crippen LogP contribution < -0.4 is 5.32 Å². The first-order valence-electron chi connectivity index (χ1n) is 6.23. The number of aromatic nitrogens is 1. The molecule has 1 heterocycles. The van der Waals surface area contributed by atoms with Crippen molar-refractivity contribution in [2.75, 3.05) is 0 Å². The maximum absolute atomic E-state index is 12.4. The molecule has 0 aliphatic heterocycles. The first-order valence-corrected chi connectivity index (χ1v) is 6.23. The van der Waals surface area contributed by atoms with Gasteiger partial charge in [0.15, 0.2) is 0 Å². The molecule has 0 unspecified atom stereocenters. The summed E-state index contributed by atoms with van der Waals surface area (Å²) in [6.07, 6.45) is -0.761. The first-order chi connectivity index (χ1) is 9.47. The normalized spacial score (nSPS) is 11.6. The van der Waals surface area contributed by atoms with Gasteiger partial charge in [0.1, 0.15) is 0 Å². The monoisotopic (exact) mass is 280 g/mol. The van der Waals surface area contributed by atoms with E-state index in [2.05, 4.69) is 10.3 Å². The van der Waals surface area contributed by atoms with E-state index in [9.17, 15) is 13.2 Å². The Bertz CT molecular complexity index is 562. The lowest BCUT2D eigenvalue weighted by molar-refractivity contribution is -0.137. The average molecular weight is 280 g/mol. The van der Waals surface area contributed by atoms with E-state index in [0.717, 1.165) is 28.8 Å². The van der Waals surface area contributed by atoms with Gasteiger partial charge < -0.3 is 5.32 Å². The van der Waals surface area contributed by atoms with Crippen LogP contribution in [-0.2, 0) is 19.3 Å². The van der Waals surface area contributed by atoms with Crippen LogP contribution in [0.3, 0.4) is 0 Å². The molecule has 0 atom stereocenters. The van der Waals surface area contributed by atoms with Gasteiger partial charge in [-0.05, 0) is 41.8 Å². The fourth-order valence-corrected chi connectivity index (χ4v) is 1.83. The molecule has 2 rings (SSSR count). The topological polar surface area (TPSA) is 24.9 Å². The molecule has 0 spiro atoms. The van der Waals surface area contributed by atoms with E-state index in [0.29, 0.717) is 13.1 Å². The van der Waals surface area contributed by atoms with E-state index in [1.165, 1.54) is 12.1 Å². The number of hydrogen-bond acceptors (Lipinski definition) is 2. The average Bonchev–Trinajstić information content (AvgIpc) is 2.40. The van der Waals surface area contributed by atoms with E-state index in [-0.39, 0.29) is 0 Å². The Balaban J connectivity index is 1.90. The Morgan fingerprint density at radius 1 is 1.05 bits per heavy atom. The highest BCUT2D eigenvalue weighted by atomic mass is 19.4. The van der Waals surface area contributed by atoms with E-state index < -0.39 is 11.7 Å². The molecule has 0 fully saturated rings. The summed E-state index contributed by atoms with van der Waals surface area (Å²) in [6.45, 7) is 3.16. The largest absolute Gasteiger partial charge is 0.416 e. The number of halogens is 3. The number of benzene rings is 1. The second-order valence-corrected chi connectivity index (χ2v) is 4.60. The van der Waals surface area contributed by atoms with Crippen molar-refractivity contribution in [3.05, 3.63) is 65.0 Å². The highest BCUT2D eigenvalue weighted by molar-refractivity contribution is 5.25. The molecule has 1 aromatic heterocycles. The van der Waals surface area contributed by atoms with Crippen LogP contribution in [0.4, 0.5) is 13.2 Å². The Morgan fingerprint density at radius 3 is 2.35 bits per heavy atom. The van der Waals surface area contributed by atoms with Crippen LogP contribution in [0.2, 0.25) is 0 Å². The molecule has 0 saturated carbocycles. The molecule has 0 aliphatic carbocycles. The van der Waals surface area contributed by atoms with E-state index in [4.69, 9.17) is 0 Å². The number of pyridine rings is 1. The highest BCUT2D eigenvalue weighted by Gasteiger charge is 2.29. The van der Waals surface area contributed by atoms with Crippen LogP contribution in [0.25, 0.3) is 0 Å². The predicted molar refractivity (Wildman–Crippen MR) is 71.0 cm³/mol. The van der Waals surface area contributed by atoms with E-state index in [1.807, 2.05) is 13.0 Å². The predicted octanol–water partition coefficient (Wildman–Crippen LogP) is 3.70. The van der Waals surface area contributed by atoms with Gasteiger partial charge in [-0.2, -0.15) is 13.2 Å². The van der Waals surface area contributed by atoms with Crippen LogP contribution in [0.5, 0.6) is 0 Å². The van der Waals surface area contributed by atoms with Crippen molar-refractivity contribution in [3.63, 3.8) is 0 Å². The third kappa shape index (κ3) is 3.81. The van der Waals surface area contributed by atoms with Gasteiger partial charge in [0.25, 0.3) is 0 Å². The maximum atomic E-state index is 12.4. The van der Waals surface area contributed by atoms with Crippen molar-refractivity contribution in [3.8, 4) is 0 Å². The lowest BCUT2D eigenvalue weighted by Gasteiger charge is -2.09. The molecule has 1 N–H and O–H groups in total. The fourth-order valence-electron chi connectivity index (χ4n) is 1.83. The highest BCUT2D eigenvalue weighted by Crippen LogP contribution is 2.29. The van der Waals surface area contributed by atoms with Gasteiger partial charge in [-0.1, -0.05) is 12.1 Å². The molecule has 2 nitrogen and oxygen atoms in total. The van der Waals surface area contributed by atoms with Gasteiger partial charge in [-0.25, -0.2) is 0 Å². The number of nitrogens with one attached hydrogen (secondary N) is 1. The van der Waals surface area contributed by atoms with Crippen LogP contribution in [0.15, 0.2) is 42.7 Å². The summed E-state index contributed by atoms with van der Waals surface area (Å²) in [5, 5.41) is 3.20. The van der Waals surface area contributed by atoms with Gasteiger partial charge in [-0.3, -0.25) is 4.98 Å². The summed E-state index contributed by atoms with van der Waals surface area (Å²) >= 11 is 0. The molecule has 5 heteroatoms. The molecule has 2 aromatic rings. The molecule has 0 amide bonds. The lowest BCUT2D eigenvalue weighted by atomic mass is 10.1. The second-order valence-electron chi connectivity index (χ2n) is 4.60. The molecule has 20 heavy (non-hydrogen) atoms. The minimum Gasteiger partial charge on any atom is -0.309 e. The van der Waals surface area contributed by atoms with Crippen LogP contribution in [-0.4, -0.2) is 4.98 Å². The van der Waals surface area contributed by atoms with Gasteiger partial charge in [0.2, 0.25) is 0 Å². The number of rotatable bonds is 4. The summed E-state index contributed by atoms with van der Waals surface area (Å²) < 4.78 is 37.2. The summed E-state index contributed by atoms with van der Waals surface area (Å²) in [6, 6.07) is 7.12. The SMILES string of the molecule is Cc1ccncc1CNCc1ccc(C(F)(F)F)cc1. The molecular weight excluding hydrogens is 265 g/mol. The zero-order valence-electron chi connectivity index (χ0n) is 11.0. The van der Waals surface area contributed by atoms with Gasteiger partial charge in [-0.15, -0.1) is 0 Å². The van der Waals surface area contributed by atoms with Crippen LogP contribution in [0, 0.1) is 6.92 Å². The Kier molecular flexibility index (Phi) is 4.39. The van der Waals surface area contributed by atoms with Gasteiger partial charge in [0.05, 0.1) is 5.56 Å². The molecular formula is C15H15F3N2. The van der Waals surface area contributed by atoms with Crippen molar-refractivity contribution in [2.45, 2.75) is 26.2 Å². The second kappa shape index (κ2) is 6.05. The lowest BCUT2D eigenvalue weighted by Crippen LogP contribution is -2.14. The smallest absolute Gasteiger partial charge is 0.309 e. The summed E-state index contributed by atoms with van der Waals surface area (Å²) in [4.78, 5) is 4.04. The summed E-state index contributed by atoms with van der Waals surface area (Å²) in [7, 11) is 0. The first kappa shape index (κ1) is 14.5. The Morgan fingerprint density at radius 2 is 1.75 bits per heavy atom. The van der Waals surface area contributed by atoms with Gasteiger partial charge in [0, 0.05) is 25.5 Å². The van der Waals surface area contributed by atoms with E-state index >= 15 is 0 Å². The molecule has 106 valence electrons. The van der Waals surface area contributed by atoms with Crippen LogP contribution in [0.1, 0.15) is 22.3 Å². The third-order valence-electron chi connectivity index (χ3n) is 3.07. The number of hydrogen-bond donors (Lipinski definition) is 1. The van der Waals surface area contributed by atoms with E-state index in [1.54, 1.807) is 12.4 Å². The van der Waals surface area contributed by atoms with Gasteiger partial charge >= 0.3 is 6.18 Å². The molecule has 0 saturated heterocycles. The van der Waals surface area contributed by atoms with Crippen LogP contribution >= 0.6 is 0 Å². The third-order valence-corrected chi connectivity index (χ3v) is 3.07. The molecule has 0 radical (unpaired) electrons. The standard InChI is InChI=1S/C15H15F3N2/c1-11-6-7-19-9-13(11)10-20-8-12-2-4-14(5-3-12)15(16,17)18/h2-7,9,20H,8,10H2,1H3. The molecule has 1 aromatic carbocycles. The zero-order valence-corrected chi connectivity index (χ0v) is 11.0. The van der Waals surface area contributed by atoms with Crippen molar-refractivity contribution < 1.29 is 13.2 Å². The van der Waals surface area contributed by atoms with Crippen molar-refractivity contribution in [1.29, 1.82) is 0 Å². The Hall–Kier alpha value is -1.88. The number of aryl methyl sites for hydroxylation is 1. The fraction of sp³-hybridized carbons (Fsp3) is 0.267. The zero-order chi connectivity index (χ0) is 14.6. The van der Waals surface area contributed by atoms with Crippen molar-refractivity contribution >= 4 is 0 Å². The quantitative estimate of drug-likeness (QED) is 0.923. The van der Waals surface area contributed by atoms with Crippen molar-refractivity contribution in [2.24, 2.45) is 0 Å².